The lowest BCUT2D eigenvalue weighted by atomic mass is 10.0. The Balaban J connectivity index is 0.975. The molecule has 4 aromatic heterocycles. The summed E-state index contributed by atoms with van der Waals surface area (Å²) in [4.78, 5) is 60.5. The smallest absolute Gasteiger partial charge is 0.484 e. The van der Waals surface area contributed by atoms with Crippen molar-refractivity contribution in [1.82, 2.24) is 18.3 Å². The van der Waals surface area contributed by atoms with Gasteiger partial charge in [-0.3, -0.25) is 55.5 Å². The Morgan fingerprint density at radius 1 is 0.333 bits per heavy atom. The monoisotopic (exact) mass is 1850 g/mol. The highest BCUT2D eigenvalue weighted by molar-refractivity contribution is 9.11. The summed E-state index contributed by atoms with van der Waals surface area (Å²) in [6, 6.07) is 53.6. The van der Waals surface area contributed by atoms with Gasteiger partial charge in [0.15, 0.2) is 0 Å². The quantitative estimate of drug-likeness (QED) is 0.0359. The largest absolute Gasteiger partial charge is 0.496 e. The first kappa shape index (κ1) is 83.3. The number of nitriles is 8. The maximum atomic E-state index is 16.2. The van der Waals surface area contributed by atoms with Gasteiger partial charge < -0.3 is 18.9 Å². The summed E-state index contributed by atoms with van der Waals surface area (Å²) in [5.41, 5.74) is 3.06. The van der Waals surface area contributed by atoms with E-state index in [1.54, 1.807) is 48.5 Å². The summed E-state index contributed by atoms with van der Waals surface area (Å²) in [7, 11) is -6.55. The van der Waals surface area contributed by atoms with Crippen LogP contribution < -0.4 is 18.9 Å². The number of rotatable bonds is 26. The third-order valence-electron chi connectivity index (χ3n) is 18.0. The Hall–Kier alpha value is -13.1. The third kappa shape index (κ3) is 18.0. The Bertz CT molecular complexity index is 6020. The highest BCUT2D eigenvalue weighted by atomic mass is 79.9. The van der Waals surface area contributed by atoms with Gasteiger partial charge in [-0.15, -0.1) is 0 Å². The van der Waals surface area contributed by atoms with Gasteiger partial charge in [-0.25, -0.2) is 9.13 Å². The molecule has 27 nitrogen and oxygen atoms in total. The van der Waals surface area contributed by atoms with E-state index in [2.05, 4.69) is 112 Å². The van der Waals surface area contributed by atoms with Crippen LogP contribution in [0.25, 0.3) is 90.2 Å². The molecule has 0 spiro atoms. The van der Waals surface area contributed by atoms with Crippen LogP contribution in [0.15, 0.2) is 188 Å². The van der Waals surface area contributed by atoms with Crippen LogP contribution >= 0.6 is 79.4 Å². The molecule has 0 bridgehead atoms. The van der Waals surface area contributed by atoms with Crippen molar-refractivity contribution in [2.75, 3.05) is 54.9 Å². The van der Waals surface area contributed by atoms with Crippen molar-refractivity contribution in [2.45, 2.75) is 0 Å². The maximum absolute atomic E-state index is 16.2. The van der Waals surface area contributed by atoms with Gasteiger partial charge in [0.1, 0.15) is 49.4 Å². The second-order valence-corrected chi connectivity index (χ2v) is 32.0. The Morgan fingerprint density at radius 3 is 0.735 bits per heavy atom. The van der Waals surface area contributed by atoms with Crippen LogP contribution in [0.4, 0.5) is 0 Å². The number of phosphoric acid groups is 2. The van der Waals surface area contributed by atoms with E-state index < -0.39 is 65.7 Å². The Kier molecular flexibility index (Phi) is 25.7. The number of allylic oxidation sites excluding steroid dienone is 4. The molecule has 0 saturated heterocycles. The van der Waals surface area contributed by atoms with Gasteiger partial charge in [0.25, 0.3) is 23.6 Å². The first-order valence-corrected chi connectivity index (χ1v) is 40.1. The fourth-order valence-electron chi connectivity index (χ4n) is 12.6. The summed E-state index contributed by atoms with van der Waals surface area (Å²) in [6.07, 6.45) is 10.8. The van der Waals surface area contributed by atoms with Crippen molar-refractivity contribution in [3.05, 3.63) is 255 Å². The zero-order valence-electron chi connectivity index (χ0n) is 61.2. The number of methoxy groups -OCH3 is 4. The molecule has 12 aromatic rings. The topological polar surface area (TPSA) is 396 Å². The lowest BCUT2D eigenvalue weighted by molar-refractivity contribution is 0.0633. The van der Waals surface area contributed by atoms with Crippen LogP contribution in [-0.4, -0.2) is 96.8 Å². The molecule has 33 heteroatoms. The second-order valence-electron chi connectivity index (χ2n) is 24.9. The molecule has 576 valence electrons. The normalized spacial score (nSPS) is 12.3. The molecule has 0 aliphatic rings. The van der Waals surface area contributed by atoms with Gasteiger partial charge in [0.2, 0.25) is 0 Å². The van der Waals surface area contributed by atoms with Crippen molar-refractivity contribution < 1.29 is 69.7 Å². The van der Waals surface area contributed by atoms with E-state index in [0.717, 1.165) is 18.3 Å². The lowest BCUT2D eigenvalue weighted by Crippen LogP contribution is -2.21. The maximum Gasteiger partial charge on any atom is 0.484 e. The minimum Gasteiger partial charge on any atom is -0.496 e. The van der Waals surface area contributed by atoms with E-state index in [0.29, 0.717) is 61.7 Å². The molecule has 0 saturated carbocycles. The van der Waals surface area contributed by atoms with Gasteiger partial charge in [-0.1, -0.05) is 63.7 Å². The van der Waals surface area contributed by atoms with Crippen LogP contribution in [0.5, 0.6) is 23.0 Å². The molecule has 117 heavy (non-hydrogen) atoms. The number of phosphoric ester groups is 2. The van der Waals surface area contributed by atoms with E-state index in [9.17, 15) is 42.1 Å². The average molecular weight is 1850 g/mol. The Morgan fingerprint density at radius 2 is 0.547 bits per heavy atom. The number of hydrogen-bond donors (Lipinski definition) is 0. The summed E-state index contributed by atoms with van der Waals surface area (Å²) in [5, 5.41) is 83.6. The van der Waals surface area contributed by atoms with Gasteiger partial charge in [-0.05, 0) is 170 Å². The van der Waals surface area contributed by atoms with Crippen molar-refractivity contribution in [3.8, 4) is 71.6 Å². The van der Waals surface area contributed by atoms with E-state index in [1.165, 1.54) is 175 Å². The van der Waals surface area contributed by atoms with Crippen molar-refractivity contribution in [3.63, 3.8) is 0 Å². The van der Waals surface area contributed by atoms with Crippen LogP contribution in [-0.2, 0) is 31.5 Å². The number of halogens is 4. The summed E-state index contributed by atoms with van der Waals surface area (Å²) >= 11 is 13.9. The lowest BCUT2D eigenvalue weighted by Gasteiger charge is -2.23. The van der Waals surface area contributed by atoms with Gasteiger partial charge in [0.05, 0.1) is 144 Å². The first-order valence-electron chi connectivity index (χ1n) is 34.0. The molecule has 0 amide bonds. The molecule has 0 N–H and O–H groups in total. The highest BCUT2D eigenvalue weighted by Gasteiger charge is 2.44. The number of nitrogens with zero attached hydrogens (tertiary/aromatic N) is 12. The van der Waals surface area contributed by atoms with E-state index in [1.807, 2.05) is 0 Å². The predicted molar refractivity (Wildman–Crippen MR) is 446 cm³/mol. The fourth-order valence-corrected chi connectivity index (χ4v) is 17.0. The van der Waals surface area contributed by atoms with Gasteiger partial charge in [0, 0.05) is 109 Å². The SMILES string of the molecule is COc1ccc(C#N)cc1/C=C(\C#N)c1cn(C(=O)COP(=O)(OCC(=O)n2cc(/C(C#N)=C/c3cc(C#N)ccc3OC)c3cc(Br)ccc32)OP(=O)(OCC(=O)n2cc(/C(C#N)=C/c3cc(C#N)ccc3OC)c3cc(Br)ccc32)OCC(=O)n2cc(/C(C#N)=C/c3cc(C#N)ccc3OC)c3cc(Br)ccc32)c2ccc(Br)cc12. The molecule has 0 aliphatic carbocycles. The first-order chi connectivity index (χ1) is 56.4. The molecular formula is C84H52Br4N12O15P2. The molecule has 0 fully saturated rings. The summed E-state index contributed by atoms with van der Waals surface area (Å²) in [6.45, 7) is -5.52. The minimum atomic E-state index is -6.06. The number of hydrogen-bond acceptors (Lipinski definition) is 23. The molecule has 8 aromatic carbocycles. The van der Waals surface area contributed by atoms with Crippen LogP contribution in [0.3, 0.4) is 0 Å². The summed E-state index contributed by atoms with van der Waals surface area (Å²) in [5.74, 6) is -3.24. The van der Waals surface area contributed by atoms with Crippen molar-refractivity contribution >= 4 is 193 Å². The number of aromatic nitrogens is 4. The number of benzene rings is 8. The number of fused-ring (bicyclic) bond motifs is 4. The van der Waals surface area contributed by atoms with Crippen LogP contribution in [0.2, 0.25) is 0 Å². The number of ether oxygens (including phenoxy) is 4. The highest BCUT2D eigenvalue weighted by Crippen LogP contribution is 2.66. The van der Waals surface area contributed by atoms with Crippen molar-refractivity contribution in [1.29, 1.82) is 42.1 Å². The van der Waals surface area contributed by atoms with Gasteiger partial charge >= 0.3 is 15.6 Å². The second kappa shape index (κ2) is 36.1. The molecule has 0 atom stereocenters. The number of carbonyl (C=O) groups excluding carboxylic acids is 4. The third-order valence-corrected chi connectivity index (χ3v) is 23.4. The zero-order valence-corrected chi connectivity index (χ0v) is 69.3. The average Bonchev–Trinajstić information content (AvgIpc) is 1.64. The fraction of sp³-hybridized carbons (Fsp3) is 0.0952. The predicted octanol–water partition coefficient (Wildman–Crippen LogP) is 19.3. The van der Waals surface area contributed by atoms with Crippen LogP contribution in [0.1, 0.15) is 85.9 Å². The zero-order chi connectivity index (χ0) is 83.6. The number of carbonyl (C=O) groups is 4. The Labute approximate surface area is 699 Å². The minimum absolute atomic E-state index is 0.0450. The van der Waals surface area contributed by atoms with Crippen LogP contribution in [0, 0.1) is 90.6 Å². The molecule has 0 radical (unpaired) electrons. The van der Waals surface area contributed by atoms with Gasteiger partial charge in [-0.2, -0.15) is 46.4 Å². The van der Waals surface area contributed by atoms with E-state index in [-0.39, 0.29) is 112 Å². The summed E-state index contributed by atoms with van der Waals surface area (Å²) < 4.78 is 90.0. The van der Waals surface area contributed by atoms with E-state index in [4.69, 9.17) is 41.4 Å². The van der Waals surface area contributed by atoms with Crippen molar-refractivity contribution in [2.24, 2.45) is 0 Å². The molecule has 12 rings (SSSR count). The molecular weight excluding hydrogens is 1800 g/mol. The molecule has 0 aliphatic heterocycles. The van der Waals surface area contributed by atoms with E-state index >= 15 is 28.3 Å². The molecule has 4 heterocycles. The molecule has 0 unspecified atom stereocenters. The standard InChI is InChI=1S/C84H52Br4N12O15P2/c1-107-77-17-5-49(33-89)21-53(77)25-57(37-93)69-41-97(73-13-9-61(85)29-65(69)73)81(101)45-111-116(105,112-46-82(102)98-42-70(66-30-62(86)10-14-74(66)98)58(38-94)26-54-22-50(34-90)6-18-78(54)108-2)115-117(106,113-47-83(103)99-43-71(67-31-63(87)11-15-75(67)99)59(39-95)27-55-23-51(35-91)7-19-79(55)109-3)114-48-84(104)100-44-72(68-32-64(88)12-16-76(68)100)60(40-96)28-56-24-52(36-92)8-20-80(56)110-4/h5-32,41-44H,45-48H2,1-4H3/b57-25+,58-26+,59-27+,60-28+.